The van der Waals surface area contributed by atoms with Gasteiger partial charge in [0.15, 0.2) is 11.5 Å². The fourth-order valence-electron chi connectivity index (χ4n) is 2.93. The number of methoxy groups -OCH3 is 1. The van der Waals surface area contributed by atoms with E-state index < -0.39 is 0 Å². The molecular formula is C24H18BrN3O3. The number of aromatic nitrogens is 2. The Labute approximate surface area is 188 Å². The van der Waals surface area contributed by atoms with Gasteiger partial charge in [0.05, 0.1) is 12.8 Å². The Hall–Kier alpha value is -3.71. The van der Waals surface area contributed by atoms with Crippen molar-refractivity contribution in [2.45, 2.75) is 0 Å². The van der Waals surface area contributed by atoms with E-state index in [4.69, 9.17) is 9.47 Å². The lowest BCUT2D eigenvalue weighted by Gasteiger charge is -2.10. The molecule has 7 heteroatoms. The highest BCUT2D eigenvalue weighted by Crippen LogP contribution is 2.31. The Morgan fingerprint density at radius 1 is 0.903 bits per heavy atom. The summed E-state index contributed by atoms with van der Waals surface area (Å²) < 4.78 is 12.1. The molecule has 0 spiro atoms. The van der Waals surface area contributed by atoms with Gasteiger partial charge < -0.3 is 14.8 Å². The molecule has 0 atom stereocenters. The third kappa shape index (κ3) is 5.07. The number of benzene rings is 3. The number of para-hydroxylation sites is 2. The van der Waals surface area contributed by atoms with Crippen LogP contribution in [0.4, 0.5) is 5.69 Å². The van der Waals surface area contributed by atoms with E-state index in [1.807, 2.05) is 54.6 Å². The quantitative estimate of drug-likeness (QED) is 0.372. The van der Waals surface area contributed by atoms with E-state index >= 15 is 0 Å². The normalized spacial score (nSPS) is 10.4. The fourth-order valence-corrected chi connectivity index (χ4v) is 3.33. The minimum Gasteiger partial charge on any atom is -0.493 e. The van der Waals surface area contributed by atoms with Crippen molar-refractivity contribution in [3.63, 3.8) is 0 Å². The first-order valence-corrected chi connectivity index (χ1v) is 10.2. The number of hydrogen-bond acceptors (Lipinski definition) is 5. The molecule has 0 bridgehead atoms. The van der Waals surface area contributed by atoms with Gasteiger partial charge in [0.25, 0.3) is 5.91 Å². The molecule has 0 aliphatic heterocycles. The van der Waals surface area contributed by atoms with Crippen LogP contribution in [0.25, 0.3) is 11.3 Å². The second-order valence-corrected chi connectivity index (χ2v) is 7.45. The van der Waals surface area contributed by atoms with Crippen molar-refractivity contribution in [1.29, 1.82) is 0 Å². The molecule has 0 radical (unpaired) electrons. The molecule has 0 aliphatic rings. The van der Waals surface area contributed by atoms with E-state index in [2.05, 4.69) is 31.2 Å². The number of rotatable bonds is 6. The van der Waals surface area contributed by atoms with Crippen molar-refractivity contribution in [3.8, 4) is 28.6 Å². The zero-order valence-electron chi connectivity index (χ0n) is 16.6. The molecule has 154 valence electrons. The number of hydrogen-bond donors (Lipinski definition) is 1. The first kappa shape index (κ1) is 20.6. The number of ether oxygens (including phenoxy) is 2. The second-order valence-electron chi connectivity index (χ2n) is 6.54. The van der Waals surface area contributed by atoms with Crippen molar-refractivity contribution in [2.24, 2.45) is 0 Å². The number of nitrogens with zero attached hydrogens (tertiary/aromatic N) is 2. The predicted molar refractivity (Wildman–Crippen MR) is 123 cm³/mol. The van der Waals surface area contributed by atoms with E-state index in [9.17, 15) is 4.79 Å². The average Bonchev–Trinajstić information content (AvgIpc) is 2.80. The van der Waals surface area contributed by atoms with Gasteiger partial charge in [0.1, 0.15) is 6.33 Å². The number of halogens is 1. The van der Waals surface area contributed by atoms with Crippen molar-refractivity contribution >= 4 is 27.5 Å². The van der Waals surface area contributed by atoms with E-state index in [-0.39, 0.29) is 5.91 Å². The first-order chi connectivity index (χ1) is 15.1. The zero-order valence-corrected chi connectivity index (χ0v) is 18.2. The van der Waals surface area contributed by atoms with Crippen LogP contribution < -0.4 is 14.8 Å². The van der Waals surface area contributed by atoms with Gasteiger partial charge in [-0.25, -0.2) is 9.97 Å². The SMILES string of the molecule is COc1ccccc1Oc1cc(-c2ccc(C(=O)Nc3cccc(Br)c3)cc2)ncn1. The molecule has 0 unspecified atom stereocenters. The molecule has 0 saturated carbocycles. The molecule has 0 aliphatic carbocycles. The number of carbonyl (C=O) groups is 1. The molecule has 3 aromatic carbocycles. The summed E-state index contributed by atoms with van der Waals surface area (Å²) in [4.78, 5) is 21.0. The average molecular weight is 476 g/mol. The van der Waals surface area contributed by atoms with Gasteiger partial charge in [-0.15, -0.1) is 0 Å². The Morgan fingerprint density at radius 3 is 2.42 bits per heavy atom. The molecule has 4 aromatic rings. The zero-order chi connectivity index (χ0) is 21.6. The molecule has 31 heavy (non-hydrogen) atoms. The van der Waals surface area contributed by atoms with Crippen LogP contribution >= 0.6 is 15.9 Å². The minimum atomic E-state index is -0.187. The summed E-state index contributed by atoms with van der Waals surface area (Å²) in [5, 5.41) is 2.88. The highest BCUT2D eigenvalue weighted by atomic mass is 79.9. The maximum atomic E-state index is 12.5. The first-order valence-electron chi connectivity index (χ1n) is 9.42. The number of anilines is 1. The monoisotopic (exact) mass is 475 g/mol. The highest BCUT2D eigenvalue weighted by molar-refractivity contribution is 9.10. The summed E-state index contributed by atoms with van der Waals surface area (Å²) in [6, 6.07) is 23.7. The Morgan fingerprint density at radius 2 is 1.68 bits per heavy atom. The summed E-state index contributed by atoms with van der Waals surface area (Å²) in [5.41, 5.74) is 2.78. The summed E-state index contributed by atoms with van der Waals surface area (Å²) in [5.74, 6) is 1.39. The molecule has 0 saturated heterocycles. The molecule has 1 N–H and O–H groups in total. The third-order valence-corrected chi connectivity index (χ3v) is 4.94. The molecule has 4 rings (SSSR count). The number of carbonyl (C=O) groups excluding carboxylic acids is 1. The molecule has 1 aromatic heterocycles. The van der Waals surface area contributed by atoms with Crippen LogP contribution in [0.3, 0.4) is 0 Å². The maximum absolute atomic E-state index is 12.5. The molecule has 0 fully saturated rings. The van der Waals surface area contributed by atoms with Crippen LogP contribution in [-0.4, -0.2) is 23.0 Å². The Kier molecular flexibility index (Phi) is 6.24. The lowest BCUT2D eigenvalue weighted by molar-refractivity contribution is 0.102. The number of amides is 1. The van der Waals surface area contributed by atoms with Gasteiger partial charge in [0.2, 0.25) is 5.88 Å². The maximum Gasteiger partial charge on any atom is 0.255 e. The van der Waals surface area contributed by atoms with Crippen molar-refractivity contribution in [3.05, 3.63) is 95.2 Å². The molecule has 1 heterocycles. The summed E-state index contributed by atoms with van der Waals surface area (Å²) in [6.07, 6.45) is 1.44. The van der Waals surface area contributed by atoms with Gasteiger partial charge in [-0.1, -0.05) is 46.3 Å². The van der Waals surface area contributed by atoms with E-state index in [0.717, 1.165) is 15.7 Å². The van der Waals surface area contributed by atoms with Gasteiger partial charge >= 0.3 is 0 Å². The smallest absolute Gasteiger partial charge is 0.255 e. The van der Waals surface area contributed by atoms with E-state index in [0.29, 0.717) is 28.6 Å². The van der Waals surface area contributed by atoms with E-state index in [1.54, 1.807) is 31.4 Å². The Balaban J connectivity index is 1.50. The third-order valence-electron chi connectivity index (χ3n) is 4.45. The standard InChI is InChI=1S/C24H18BrN3O3/c1-30-21-7-2-3-8-22(21)31-23-14-20(26-15-27-23)16-9-11-17(12-10-16)24(29)28-19-6-4-5-18(25)13-19/h2-15H,1H3,(H,28,29). The largest absolute Gasteiger partial charge is 0.493 e. The summed E-state index contributed by atoms with van der Waals surface area (Å²) in [6.45, 7) is 0. The van der Waals surface area contributed by atoms with Crippen LogP contribution in [0.1, 0.15) is 10.4 Å². The van der Waals surface area contributed by atoms with Gasteiger partial charge in [-0.05, 0) is 42.5 Å². The lowest BCUT2D eigenvalue weighted by atomic mass is 10.1. The van der Waals surface area contributed by atoms with Crippen LogP contribution in [0.15, 0.2) is 89.7 Å². The number of nitrogens with one attached hydrogen (secondary N) is 1. The van der Waals surface area contributed by atoms with E-state index in [1.165, 1.54) is 6.33 Å². The molecule has 1 amide bonds. The summed E-state index contributed by atoms with van der Waals surface area (Å²) in [7, 11) is 1.59. The predicted octanol–water partition coefficient (Wildman–Crippen LogP) is 5.96. The van der Waals surface area contributed by atoms with Crippen LogP contribution in [0.5, 0.6) is 17.4 Å². The van der Waals surface area contributed by atoms with Crippen LogP contribution in [0.2, 0.25) is 0 Å². The van der Waals surface area contributed by atoms with Crippen molar-refractivity contribution in [2.75, 3.05) is 12.4 Å². The second kappa shape index (κ2) is 9.40. The molecular weight excluding hydrogens is 458 g/mol. The fraction of sp³-hybridized carbons (Fsp3) is 0.0417. The lowest BCUT2D eigenvalue weighted by Crippen LogP contribution is -2.11. The summed E-state index contributed by atoms with van der Waals surface area (Å²) >= 11 is 3.40. The van der Waals surface area contributed by atoms with Gasteiger partial charge in [-0.3, -0.25) is 4.79 Å². The molecule has 6 nitrogen and oxygen atoms in total. The van der Waals surface area contributed by atoms with Gasteiger partial charge in [-0.2, -0.15) is 0 Å². The Bertz CT molecular complexity index is 1210. The van der Waals surface area contributed by atoms with Crippen molar-refractivity contribution < 1.29 is 14.3 Å². The minimum absolute atomic E-state index is 0.187. The highest BCUT2D eigenvalue weighted by Gasteiger charge is 2.10. The van der Waals surface area contributed by atoms with Gasteiger partial charge in [0, 0.05) is 27.4 Å². The van der Waals surface area contributed by atoms with Crippen LogP contribution in [-0.2, 0) is 0 Å². The topological polar surface area (TPSA) is 73.3 Å². The van der Waals surface area contributed by atoms with Crippen molar-refractivity contribution in [1.82, 2.24) is 9.97 Å². The van der Waals surface area contributed by atoms with Crippen LogP contribution in [0, 0.1) is 0 Å².